The van der Waals surface area contributed by atoms with Crippen LogP contribution in [0.5, 0.6) is 5.75 Å². The second kappa shape index (κ2) is 14.6. The minimum absolute atomic E-state index is 0.0273. The monoisotopic (exact) mass is 617 g/mol. The molecule has 1 aromatic heterocycles. The number of esters is 1. The van der Waals surface area contributed by atoms with E-state index in [2.05, 4.69) is 66.3 Å². The van der Waals surface area contributed by atoms with E-state index in [1.54, 1.807) is 36.5 Å². The normalized spacial score (nSPS) is 11.5. The Morgan fingerprint density at radius 3 is 2.37 bits per heavy atom. The summed E-state index contributed by atoms with van der Waals surface area (Å²) in [5.41, 5.74) is 5.45. The SMILES string of the molecule is COC(=O)c1ccc(OCCCO/N=C/c2cn(Cc3ccccc3)c3ccccc23)cc1NC(=O)c1ccc(C(C)(C)C)cc1. The number of nitrogens with one attached hydrogen (secondary N) is 1. The molecule has 0 bridgehead atoms. The van der Waals surface area contributed by atoms with Gasteiger partial charge in [0.2, 0.25) is 0 Å². The molecular weight excluding hydrogens is 578 g/mol. The van der Waals surface area contributed by atoms with Gasteiger partial charge in [-0.3, -0.25) is 4.79 Å². The molecule has 0 atom stereocenters. The largest absolute Gasteiger partial charge is 0.493 e. The maximum Gasteiger partial charge on any atom is 0.339 e. The zero-order valence-electron chi connectivity index (χ0n) is 26.7. The Kier molecular flexibility index (Phi) is 10.2. The number of aromatic nitrogens is 1. The molecule has 1 amide bonds. The van der Waals surface area contributed by atoms with Crippen molar-refractivity contribution in [2.75, 3.05) is 25.6 Å². The molecule has 0 saturated carbocycles. The molecule has 8 nitrogen and oxygen atoms in total. The van der Waals surface area contributed by atoms with Crippen molar-refractivity contribution in [2.24, 2.45) is 5.16 Å². The molecule has 0 radical (unpaired) electrons. The third-order valence-corrected chi connectivity index (χ3v) is 7.59. The smallest absolute Gasteiger partial charge is 0.339 e. The average Bonchev–Trinajstić information content (AvgIpc) is 3.41. The van der Waals surface area contributed by atoms with Gasteiger partial charge in [-0.25, -0.2) is 4.79 Å². The molecule has 0 aliphatic carbocycles. The number of amides is 1. The molecule has 5 aromatic rings. The Bertz CT molecular complexity index is 1820. The predicted molar refractivity (Wildman–Crippen MR) is 182 cm³/mol. The zero-order valence-corrected chi connectivity index (χ0v) is 26.7. The molecule has 1 heterocycles. The van der Waals surface area contributed by atoms with Crippen molar-refractivity contribution in [3.05, 3.63) is 131 Å². The first-order chi connectivity index (χ1) is 22.2. The third-order valence-electron chi connectivity index (χ3n) is 7.59. The molecule has 46 heavy (non-hydrogen) atoms. The summed E-state index contributed by atoms with van der Waals surface area (Å²) in [6, 6.07) is 30.9. The van der Waals surface area contributed by atoms with Crippen LogP contribution in [0, 0.1) is 0 Å². The minimum atomic E-state index is -0.556. The second-order valence-corrected chi connectivity index (χ2v) is 12.0. The van der Waals surface area contributed by atoms with Gasteiger partial charge in [-0.1, -0.05) is 86.6 Å². The van der Waals surface area contributed by atoms with Crippen LogP contribution < -0.4 is 10.1 Å². The van der Waals surface area contributed by atoms with Gasteiger partial charge in [0.15, 0.2) is 0 Å². The van der Waals surface area contributed by atoms with Crippen LogP contribution in [0.15, 0.2) is 108 Å². The fourth-order valence-electron chi connectivity index (χ4n) is 5.07. The lowest BCUT2D eigenvalue weighted by Gasteiger charge is -2.19. The van der Waals surface area contributed by atoms with Gasteiger partial charge in [0.05, 0.1) is 31.2 Å². The number of ether oxygens (including phenoxy) is 2. The number of benzene rings is 4. The number of carbonyl (C=O) groups is 2. The summed E-state index contributed by atoms with van der Waals surface area (Å²) >= 11 is 0. The van der Waals surface area contributed by atoms with Crippen LogP contribution in [-0.4, -0.2) is 43.0 Å². The molecule has 0 saturated heterocycles. The Labute approximate surface area is 269 Å². The highest BCUT2D eigenvalue weighted by Gasteiger charge is 2.18. The molecule has 0 unspecified atom stereocenters. The Morgan fingerprint density at radius 1 is 0.891 bits per heavy atom. The van der Waals surface area contributed by atoms with E-state index in [4.69, 9.17) is 14.3 Å². The highest BCUT2D eigenvalue weighted by atomic mass is 16.6. The first-order valence-corrected chi connectivity index (χ1v) is 15.3. The van der Waals surface area contributed by atoms with Crippen molar-refractivity contribution in [1.82, 2.24) is 4.57 Å². The van der Waals surface area contributed by atoms with Gasteiger partial charge < -0.3 is 24.2 Å². The van der Waals surface area contributed by atoms with Crippen LogP contribution in [0.3, 0.4) is 0 Å². The molecular formula is C38H39N3O5. The van der Waals surface area contributed by atoms with Crippen LogP contribution in [0.1, 0.15) is 64.6 Å². The summed E-state index contributed by atoms with van der Waals surface area (Å²) in [4.78, 5) is 31.0. The number of hydrogen-bond donors (Lipinski definition) is 1. The third kappa shape index (κ3) is 8.01. The number of para-hydroxylation sites is 1. The van der Waals surface area contributed by atoms with Gasteiger partial charge >= 0.3 is 5.97 Å². The number of anilines is 1. The minimum Gasteiger partial charge on any atom is -0.493 e. The van der Waals surface area contributed by atoms with E-state index in [0.29, 0.717) is 36.6 Å². The number of oxime groups is 1. The van der Waals surface area contributed by atoms with Crippen LogP contribution in [0.4, 0.5) is 5.69 Å². The molecule has 0 spiro atoms. The van der Waals surface area contributed by atoms with Crippen molar-refractivity contribution in [2.45, 2.75) is 39.2 Å². The summed E-state index contributed by atoms with van der Waals surface area (Å²) in [6.07, 6.45) is 4.40. The fourth-order valence-corrected chi connectivity index (χ4v) is 5.07. The number of carbonyl (C=O) groups excluding carboxylic acids is 2. The van der Waals surface area contributed by atoms with Gasteiger partial charge in [-0.15, -0.1) is 0 Å². The van der Waals surface area contributed by atoms with Gasteiger partial charge in [0, 0.05) is 47.3 Å². The number of fused-ring (bicyclic) bond motifs is 1. The van der Waals surface area contributed by atoms with Crippen LogP contribution >= 0.6 is 0 Å². The van der Waals surface area contributed by atoms with Crippen molar-refractivity contribution in [3.63, 3.8) is 0 Å². The molecule has 1 N–H and O–H groups in total. The lowest BCUT2D eigenvalue weighted by atomic mass is 9.86. The van der Waals surface area contributed by atoms with Crippen molar-refractivity contribution >= 4 is 34.7 Å². The van der Waals surface area contributed by atoms with Crippen LogP contribution in [0.25, 0.3) is 10.9 Å². The molecule has 0 fully saturated rings. The molecule has 236 valence electrons. The second-order valence-electron chi connectivity index (χ2n) is 12.0. The Hall–Kier alpha value is -5.37. The molecule has 8 heteroatoms. The standard InChI is InChI=1S/C38H39N3O5/c1-38(2,3)30-17-15-28(16-18-30)36(42)40-34-23-31(19-20-33(34)37(43)44-4)45-21-10-22-46-39-24-29-26-41(25-27-11-6-5-7-12-27)35-14-9-8-13-32(29)35/h5-9,11-20,23-24,26H,10,21-22,25H2,1-4H3,(H,40,42)/b39-24+. The Morgan fingerprint density at radius 2 is 1.63 bits per heavy atom. The summed E-state index contributed by atoms with van der Waals surface area (Å²) in [6.45, 7) is 7.82. The van der Waals surface area contributed by atoms with E-state index < -0.39 is 5.97 Å². The molecule has 5 rings (SSSR count). The summed E-state index contributed by atoms with van der Waals surface area (Å²) in [5, 5.41) is 8.14. The number of rotatable bonds is 12. The quantitative estimate of drug-likeness (QED) is 0.0667. The van der Waals surface area contributed by atoms with E-state index in [0.717, 1.165) is 28.6 Å². The summed E-state index contributed by atoms with van der Waals surface area (Å²) < 4.78 is 13.0. The van der Waals surface area contributed by atoms with Gasteiger partial charge in [-0.2, -0.15) is 0 Å². The van der Waals surface area contributed by atoms with Crippen LogP contribution in [0.2, 0.25) is 0 Å². The van der Waals surface area contributed by atoms with Crippen LogP contribution in [-0.2, 0) is 21.5 Å². The van der Waals surface area contributed by atoms with Crippen molar-refractivity contribution in [3.8, 4) is 5.75 Å². The first kappa shape index (κ1) is 32.0. The molecule has 0 aliphatic heterocycles. The lowest BCUT2D eigenvalue weighted by Crippen LogP contribution is -2.16. The summed E-state index contributed by atoms with van der Waals surface area (Å²) in [5.74, 6) is -0.391. The van der Waals surface area contributed by atoms with Gasteiger partial charge in [0.25, 0.3) is 5.91 Å². The van der Waals surface area contributed by atoms with Gasteiger partial charge in [-0.05, 0) is 46.9 Å². The van der Waals surface area contributed by atoms with E-state index in [-0.39, 0.29) is 16.9 Å². The number of nitrogens with zero attached hydrogens (tertiary/aromatic N) is 2. The highest BCUT2D eigenvalue weighted by molar-refractivity contribution is 6.08. The number of methoxy groups -OCH3 is 1. The highest BCUT2D eigenvalue weighted by Crippen LogP contribution is 2.26. The molecule has 0 aliphatic rings. The zero-order chi connectivity index (χ0) is 32.5. The fraction of sp³-hybridized carbons (Fsp3) is 0.237. The van der Waals surface area contributed by atoms with E-state index >= 15 is 0 Å². The maximum atomic E-state index is 13.0. The maximum absolute atomic E-state index is 13.0. The first-order valence-electron chi connectivity index (χ1n) is 15.3. The van der Waals surface area contributed by atoms with E-state index in [1.165, 1.54) is 12.7 Å². The van der Waals surface area contributed by atoms with E-state index in [1.807, 2.05) is 42.5 Å². The number of hydrogen-bond acceptors (Lipinski definition) is 6. The average molecular weight is 618 g/mol. The molecule has 4 aromatic carbocycles. The van der Waals surface area contributed by atoms with Gasteiger partial charge in [0.1, 0.15) is 12.4 Å². The lowest BCUT2D eigenvalue weighted by molar-refractivity contribution is 0.0602. The Balaban J connectivity index is 1.16. The van der Waals surface area contributed by atoms with E-state index in [9.17, 15) is 9.59 Å². The predicted octanol–water partition coefficient (Wildman–Crippen LogP) is 7.85. The topological polar surface area (TPSA) is 91.2 Å². The summed E-state index contributed by atoms with van der Waals surface area (Å²) in [7, 11) is 1.30. The van der Waals surface area contributed by atoms with Crippen molar-refractivity contribution < 1.29 is 23.9 Å². The van der Waals surface area contributed by atoms with Crippen molar-refractivity contribution in [1.29, 1.82) is 0 Å².